The second kappa shape index (κ2) is 8.97. The van der Waals surface area contributed by atoms with Crippen LogP contribution in [0, 0.1) is 0 Å². The molecule has 1 saturated heterocycles. The third-order valence-electron chi connectivity index (χ3n) is 6.39. The van der Waals surface area contributed by atoms with E-state index in [0.29, 0.717) is 5.92 Å². The van der Waals surface area contributed by atoms with E-state index >= 15 is 0 Å². The largest absolute Gasteiger partial charge is 0.440 e. The molecule has 1 atom stereocenters. The topological polar surface area (TPSA) is 58.4 Å². The van der Waals surface area contributed by atoms with Crippen molar-refractivity contribution >= 4 is 22.7 Å². The smallest absolute Gasteiger partial charge is 0.241 e. The molecule has 0 bridgehead atoms. The summed E-state index contributed by atoms with van der Waals surface area (Å²) >= 11 is 0. The maximum atomic E-state index is 13.1. The first-order chi connectivity index (χ1) is 15.7. The van der Waals surface area contributed by atoms with Gasteiger partial charge in [-0.25, -0.2) is 4.98 Å². The summed E-state index contributed by atoms with van der Waals surface area (Å²) in [7, 11) is 0. The molecule has 0 unspecified atom stereocenters. The van der Waals surface area contributed by atoms with E-state index in [1.165, 1.54) is 0 Å². The van der Waals surface area contributed by atoms with Gasteiger partial charge in [0.2, 0.25) is 5.91 Å². The minimum Gasteiger partial charge on any atom is -0.440 e. The standard InChI is InChI=1S/C27H27N3O2/c1-19(26(31)28-23-12-6-5-11-22(23)20-9-3-2-4-10-20)30-17-15-21(16-18-30)27-29-24-13-7-8-14-25(24)32-27/h2-14,19,21H,15-18H2,1H3,(H,28,31)/t19-/m1/s1. The number of fused-ring (bicyclic) bond motifs is 1. The van der Waals surface area contributed by atoms with E-state index in [0.717, 1.165) is 59.7 Å². The molecule has 2 heterocycles. The van der Waals surface area contributed by atoms with Gasteiger partial charge in [-0.2, -0.15) is 0 Å². The van der Waals surface area contributed by atoms with Gasteiger partial charge in [0.15, 0.2) is 11.5 Å². The summed E-state index contributed by atoms with van der Waals surface area (Å²) in [5, 5.41) is 3.16. The minimum absolute atomic E-state index is 0.0219. The van der Waals surface area contributed by atoms with Crippen molar-refractivity contribution in [2.75, 3.05) is 18.4 Å². The summed E-state index contributed by atoms with van der Waals surface area (Å²) in [6, 6.07) is 25.8. The highest BCUT2D eigenvalue weighted by Crippen LogP contribution is 2.31. The van der Waals surface area contributed by atoms with Gasteiger partial charge in [0.25, 0.3) is 0 Å². The van der Waals surface area contributed by atoms with E-state index in [1.54, 1.807) is 0 Å². The van der Waals surface area contributed by atoms with Crippen LogP contribution in [0.4, 0.5) is 5.69 Å². The average molecular weight is 426 g/mol. The molecule has 1 fully saturated rings. The highest BCUT2D eigenvalue weighted by Gasteiger charge is 2.29. The Morgan fingerprint density at radius 1 is 0.969 bits per heavy atom. The normalized spacial score (nSPS) is 16.2. The van der Waals surface area contributed by atoms with Crippen LogP contribution in [-0.2, 0) is 4.79 Å². The molecule has 0 spiro atoms. The number of likely N-dealkylation sites (tertiary alicyclic amines) is 1. The fraction of sp³-hybridized carbons (Fsp3) is 0.259. The van der Waals surface area contributed by atoms with Crippen LogP contribution in [0.25, 0.3) is 22.2 Å². The van der Waals surface area contributed by atoms with Gasteiger partial charge in [-0.1, -0.05) is 60.7 Å². The molecule has 4 aromatic rings. The molecule has 0 radical (unpaired) electrons. The first-order valence-electron chi connectivity index (χ1n) is 11.2. The van der Waals surface area contributed by atoms with Gasteiger partial charge in [-0.3, -0.25) is 9.69 Å². The SMILES string of the molecule is C[C@H](C(=O)Nc1ccccc1-c1ccccc1)N1CCC(c2nc3ccccc3o2)CC1. The molecular formula is C27H27N3O2. The predicted octanol–water partition coefficient (Wildman–Crippen LogP) is 5.70. The molecule has 5 nitrogen and oxygen atoms in total. The number of carbonyl (C=O) groups is 1. The van der Waals surface area contributed by atoms with Crippen molar-refractivity contribution in [3.8, 4) is 11.1 Å². The second-order valence-corrected chi connectivity index (χ2v) is 8.41. The average Bonchev–Trinajstić information content (AvgIpc) is 3.29. The molecule has 1 amide bonds. The van der Waals surface area contributed by atoms with E-state index in [4.69, 9.17) is 4.42 Å². The maximum Gasteiger partial charge on any atom is 0.241 e. The molecular weight excluding hydrogens is 398 g/mol. The van der Waals surface area contributed by atoms with Gasteiger partial charge < -0.3 is 9.73 Å². The van der Waals surface area contributed by atoms with E-state index in [9.17, 15) is 4.79 Å². The number of carbonyl (C=O) groups excluding carboxylic acids is 1. The number of oxazole rings is 1. The van der Waals surface area contributed by atoms with Crippen molar-refractivity contribution in [3.63, 3.8) is 0 Å². The highest BCUT2D eigenvalue weighted by molar-refractivity contribution is 5.98. The van der Waals surface area contributed by atoms with Gasteiger partial charge in [-0.05, 0) is 56.6 Å². The summed E-state index contributed by atoms with van der Waals surface area (Å²) in [6.45, 7) is 3.68. The lowest BCUT2D eigenvalue weighted by molar-refractivity contribution is -0.121. The number of piperidine rings is 1. The van der Waals surface area contributed by atoms with Crippen molar-refractivity contribution in [3.05, 3.63) is 84.8 Å². The summed E-state index contributed by atoms with van der Waals surface area (Å²) in [6.07, 6.45) is 1.87. The molecule has 1 aliphatic rings. The van der Waals surface area contributed by atoms with Crippen LogP contribution in [0.2, 0.25) is 0 Å². The Kier molecular flexibility index (Phi) is 5.73. The number of hydrogen-bond donors (Lipinski definition) is 1. The number of hydrogen-bond acceptors (Lipinski definition) is 4. The third kappa shape index (κ3) is 4.16. The van der Waals surface area contributed by atoms with Crippen molar-refractivity contribution in [2.24, 2.45) is 0 Å². The molecule has 1 aromatic heterocycles. The molecule has 162 valence electrons. The zero-order valence-corrected chi connectivity index (χ0v) is 18.2. The Hall–Kier alpha value is -3.44. The van der Waals surface area contributed by atoms with Crippen LogP contribution >= 0.6 is 0 Å². The lowest BCUT2D eigenvalue weighted by atomic mass is 9.95. The Morgan fingerprint density at radius 2 is 1.66 bits per heavy atom. The van der Waals surface area contributed by atoms with Crippen molar-refractivity contribution in [1.82, 2.24) is 9.88 Å². The molecule has 1 N–H and O–H groups in total. The van der Waals surface area contributed by atoms with E-state index in [2.05, 4.69) is 27.3 Å². The zero-order chi connectivity index (χ0) is 21.9. The fourth-order valence-electron chi connectivity index (χ4n) is 4.46. The number of anilines is 1. The van der Waals surface area contributed by atoms with Crippen molar-refractivity contribution in [1.29, 1.82) is 0 Å². The van der Waals surface area contributed by atoms with Crippen molar-refractivity contribution in [2.45, 2.75) is 31.7 Å². The second-order valence-electron chi connectivity index (χ2n) is 8.41. The highest BCUT2D eigenvalue weighted by atomic mass is 16.3. The van der Waals surface area contributed by atoms with Gasteiger partial charge >= 0.3 is 0 Å². The summed E-state index contributed by atoms with van der Waals surface area (Å²) in [5.74, 6) is 1.14. The van der Waals surface area contributed by atoms with Crippen LogP contribution in [0.5, 0.6) is 0 Å². The minimum atomic E-state index is -0.205. The van der Waals surface area contributed by atoms with E-state index in [1.807, 2.05) is 73.7 Å². The first-order valence-corrected chi connectivity index (χ1v) is 11.2. The molecule has 0 aliphatic carbocycles. The Balaban J connectivity index is 1.23. The van der Waals surface area contributed by atoms with Crippen LogP contribution in [0.3, 0.4) is 0 Å². The molecule has 32 heavy (non-hydrogen) atoms. The lowest BCUT2D eigenvalue weighted by Crippen LogP contribution is -2.45. The molecule has 5 rings (SSSR count). The van der Waals surface area contributed by atoms with E-state index in [-0.39, 0.29) is 11.9 Å². The molecule has 3 aromatic carbocycles. The van der Waals surface area contributed by atoms with Crippen LogP contribution in [0.15, 0.2) is 83.3 Å². The maximum absolute atomic E-state index is 13.1. The Morgan fingerprint density at radius 3 is 2.44 bits per heavy atom. The number of nitrogens with zero attached hydrogens (tertiary/aromatic N) is 2. The van der Waals surface area contributed by atoms with E-state index < -0.39 is 0 Å². The van der Waals surface area contributed by atoms with Crippen molar-refractivity contribution < 1.29 is 9.21 Å². The van der Waals surface area contributed by atoms with Crippen LogP contribution < -0.4 is 5.32 Å². The third-order valence-corrected chi connectivity index (χ3v) is 6.39. The predicted molar refractivity (Wildman–Crippen MR) is 128 cm³/mol. The molecule has 5 heteroatoms. The van der Waals surface area contributed by atoms with Crippen LogP contribution in [-0.4, -0.2) is 34.9 Å². The number of rotatable bonds is 5. The number of para-hydroxylation sites is 3. The number of nitrogens with one attached hydrogen (secondary N) is 1. The van der Waals surface area contributed by atoms with Gasteiger partial charge in [0.1, 0.15) is 5.52 Å². The zero-order valence-electron chi connectivity index (χ0n) is 18.2. The fourth-order valence-corrected chi connectivity index (χ4v) is 4.46. The Labute approximate surface area is 188 Å². The van der Waals surface area contributed by atoms with Gasteiger partial charge in [-0.15, -0.1) is 0 Å². The summed E-state index contributed by atoms with van der Waals surface area (Å²) in [5.41, 5.74) is 4.72. The van der Waals surface area contributed by atoms with Gasteiger partial charge in [0, 0.05) is 17.2 Å². The first kappa shape index (κ1) is 20.5. The quantitative estimate of drug-likeness (QED) is 0.445. The monoisotopic (exact) mass is 425 g/mol. The summed E-state index contributed by atoms with van der Waals surface area (Å²) in [4.78, 5) is 20.0. The van der Waals surface area contributed by atoms with Gasteiger partial charge in [0.05, 0.1) is 6.04 Å². The number of benzene rings is 3. The number of aromatic nitrogens is 1. The number of amides is 1. The molecule has 0 saturated carbocycles. The lowest BCUT2D eigenvalue weighted by Gasteiger charge is -2.34. The van der Waals surface area contributed by atoms with Crippen LogP contribution in [0.1, 0.15) is 31.6 Å². The summed E-state index contributed by atoms with van der Waals surface area (Å²) < 4.78 is 5.98. The Bertz CT molecular complexity index is 1180. The molecule has 1 aliphatic heterocycles.